The van der Waals surface area contributed by atoms with Gasteiger partial charge >= 0.3 is 0 Å². The number of nitrogens with zero attached hydrogens (tertiary/aromatic N) is 2. The molecule has 0 atom stereocenters. The summed E-state index contributed by atoms with van der Waals surface area (Å²) < 4.78 is 1.67. The van der Waals surface area contributed by atoms with Gasteiger partial charge in [0.1, 0.15) is 4.83 Å². The minimum absolute atomic E-state index is 0.0488. The maximum Gasteiger partial charge on any atom is 0.262 e. The van der Waals surface area contributed by atoms with Crippen LogP contribution in [0.5, 0.6) is 0 Å². The molecule has 0 fully saturated rings. The van der Waals surface area contributed by atoms with Crippen LogP contribution in [0.3, 0.4) is 0 Å². The van der Waals surface area contributed by atoms with Gasteiger partial charge in [-0.05, 0) is 24.4 Å². The highest BCUT2D eigenvalue weighted by molar-refractivity contribution is 7.18. The minimum atomic E-state index is 0.0488. The molecule has 0 unspecified atom stereocenters. The van der Waals surface area contributed by atoms with E-state index in [9.17, 15) is 4.79 Å². The van der Waals surface area contributed by atoms with E-state index < -0.39 is 0 Å². The van der Waals surface area contributed by atoms with Gasteiger partial charge in [0, 0.05) is 9.75 Å². The van der Waals surface area contributed by atoms with E-state index in [1.807, 2.05) is 30.5 Å². The molecule has 0 saturated heterocycles. The first-order valence-corrected chi connectivity index (χ1v) is 6.91. The number of aromatic nitrogens is 2. The fraction of sp³-hybridized carbons (Fsp3) is 0.167. The Labute approximate surface area is 106 Å². The van der Waals surface area contributed by atoms with Crippen molar-refractivity contribution >= 4 is 32.9 Å². The summed E-state index contributed by atoms with van der Waals surface area (Å²) >= 11 is 3.21. The van der Waals surface area contributed by atoms with Crippen molar-refractivity contribution in [3.8, 4) is 0 Å². The molecule has 3 rings (SSSR count). The molecular weight excluding hydrogens is 252 g/mol. The third-order valence-electron chi connectivity index (χ3n) is 2.55. The summed E-state index contributed by atoms with van der Waals surface area (Å²) in [7, 11) is 0. The van der Waals surface area contributed by atoms with E-state index in [-0.39, 0.29) is 5.56 Å². The lowest BCUT2D eigenvalue weighted by Gasteiger charge is -2.02. The van der Waals surface area contributed by atoms with Gasteiger partial charge in [0.05, 0.1) is 18.3 Å². The van der Waals surface area contributed by atoms with Crippen molar-refractivity contribution in [2.24, 2.45) is 0 Å². The number of fused-ring (bicyclic) bond motifs is 1. The molecule has 0 aliphatic rings. The summed E-state index contributed by atoms with van der Waals surface area (Å²) in [6, 6.07) is 5.94. The van der Waals surface area contributed by atoms with Crippen LogP contribution in [0.4, 0.5) is 0 Å². The van der Waals surface area contributed by atoms with E-state index in [2.05, 4.69) is 4.98 Å². The van der Waals surface area contributed by atoms with E-state index in [4.69, 9.17) is 0 Å². The normalized spacial score (nSPS) is 11.1. The monoisotopic (exact) mass is 262 g/mol. The maximum atomic E-state index is 12.2. The lowest BCUT2D eigenvalue weighted by molar-refractivity contribution is 0.759. The van der Waals surface area contributed by atoms with Gasteiger partial charge < -0.3 is 0 Å². The molecule has 17 heavy (non-hydrogen) atoms. The number of hydrogen-bond donors (Lipinski definition) is 0. The van der Waals surface area contributed by atoms with Crippen LogP contribution in [0.2, 0.25) is 0 Å². The largest absolute Gasteiger partial charge is 0.293 e. The molecule has 3 nitrogen and oxygen atoms in total. The smallest absolute Gasteiger partial charge is 0.262 e. The van der Waals surface area contributed by atoms with Crippen LogP contribution >= 0.6 is 22.7 Å². The number of hydrogen-bond acceptors (Lipinski definition) is 4. The number of aryl methyl sites for hydroxylation is 1. The Morgan fingerprint density at radius 2 is 2.35 bits per heavy atom. The Bertz CT molecular complexity index is 710. The summed E-state index contributed by atoms with van der Waals surface area (Å²) in [6.07, 6.45) is 1.64. The highest BCUT2D eigenvalue weighted by atomic mass is 32.1. The Kier molecular flexibility index (Phi) is 2.57. The van der Waals surface area contributed by atoms with Crippen LogP contribution in [0, 0.1) is 6.92 Å². The van der Waals surface area contributed by atoms with E-state index in [1.165, 1.54) is 4.88 Å². The SMILES string of the molecule is Cc1cc2c(=O)n(Cc3cccs3)cnc2s1. The van der Waals surface area contributed by atoms with E-state index in [0.29, 0.717) is 6.54 Å². The molecule has 0 spiro atoms. The minimum Gasteiger partial charge on any atom is -0.293 e. The first-order chi connectivity index (χ1) is 8.24. The Morgan fingerprint density at radius 1 is 1.47 bits per heavy atom. The van der Waals surface area contributed by atoms with Gasteiger partial charge in [-0.1, -0.05) is 6.07 Å². The van der Waals surface area contributed by atoms with Crippen LogP contribution < -0.4 is 5.56 Å². The fourth-order valence-corrected chi connectivity index (χ4v) is 3.30. The van der Waals surface area contributed by atoms with Gasteiger partial charge in [0.2, 0.25) is 0 Å². The predicted molar refractivity (Wildman–Crippen MR) is 72.0 cm³/mol. The lowest BCUT2D eigenvalue weighted by atomic mass is 10.3. The second-order valence-electron chi connectivity index (χ2n) is 3.83. The van der Waals surface area contributed by atoms with Crippen molar-refractivity contribution in [3.63, 3.8) is 0 Å². The average molecular weight is 262 g/mol. The molecule has 86 valence electrons. The first kappa shape index (κ1) is 10.7. The van der Waals surface area contributed by atoms with Gasteiger partial charge in [-0.15, -0.1) is 22.7 Å². The van der Waals surface area contributed by atoms with Crippen LogP contribution in [0.15, 0.2) is 34.7 Å². The summed E-state index contributed by atoms with van der Waals surface area (Å²) in [4.78, 5) is 19.7. The topological polar surface area (TPSA) is 34.9 Å². The molecule has 0 aliphatic carbocycles. The molecule has 0 bridgehead atoms. The third kappa shape index (κ3) is 1.92. The van der Waals surface area contributed by atoms with Gasteiger partial charge in [0.25, 0.3) is 5.56 Å². The van der Waals surface area contributed by atoms with Crippen LogP contribution in [-0.4, -0.2) is 9.55 Å². The zero-order valence-electron chi connectivity index (χ0n) is 9.21. The molecule has 0 saturated carbocycles. The average Bonchev–Trinajstić information content (AvgIpc) is 2.91. The molecular formula is C12H10N2OS2. The number of rotatable bonds is 2. The van der Waals surface area contributed by atoms with Crippen molar-refractivity contribution < 1.29 is 0 Å². The summed E-state index contributed by atoms with van der Waals surface area (Å²) in [5, 5.41) is 2.74. The molecule has 0 radical (unpaired) electrons. The summed E-state index contributed by atoms with van der Waals surface area (Å²) in [6.45, 7) is 2.60. The van der Waals surface area contributed by atoms with Crippen LogP contribution in [0.1, 0.15) is 9.75 Å². The van der Waals surface area contributed by atoms with Gasteiger partial charge in [-0.3, -0.25) is 9.36 Å². The quantitative estimate of drug-likeness (QED) is 0.712. The maximum absolute atomic E-state index is 12.2. The van der Waals surface area contributed by atoms with Crippen LogP contribution in [0.25, 0.3) is 10.2 Å². The van der Waals surface area contributed by atoms with Gasteiger partial charge in [0.15, 0.2) is 0 Å². The van der Waals surface area contributed by atoms with Crippen molar-refractivity contribution in [1.29, 1.82) is 0 Å². The molecule has 0 N–H and O–H groups in total. The summed E-state index contributed by atoms with van der Waals surface area (Å²) in [5.41, 5.74) is 0.0488. The molecule has 0 aromatic carbocycles. The second kappa shape index (κ2) is 4.09. The van der Waals surface area contributed by atoms with E-state index in [0.717, 1.165) is 15.1 Å². The summed E-state index contributed by atoms with van der Waals surface area (Å²) in [5.74, 6) is 0. The van der Waals surface area contributed by atoms with Crippen molar-refractivity contribution in [3.05, 3.63) is 50.0 Å². The zero-order valence-corrected chi connectivity index (χ0v) is 10.8. The lowest BCUT2D eigenvalue weighted by Crippen LogP contribution is -2.19. The zero-order chi connectivity index (χ0) is 11.8. The predicted octanol–water partition coefficient (Wildman–Crippen LogP) is 2.88. The second-order valence-corrected chi connectivity index (χ2v) is 6.10. The van der Waals surface area contributed by atoms with Crippen molar-refractivity contribution in [1.82, 2.24) is 9.55 Å². The first-order valence-electron chi connectivity index (χ1n) is 5.22. The van der Waals surface area contributed by atoms with Gasteiger partial charge in [-0.25, -0.2) is 4.98 Å². The van der Waals surface area contributed by atoms with Gasteiger partial charge in [-0.2, -0.15) is 0 Å². The third-order valence-corrected chi connectivity index (χ3v) is 4.37. The Hall–Kier alpha value is -1.46. The Balaban J connectivity index is 2.11. The highest BCUT2D eigenvalue weighted by Gasteiger charge is 2.07. The fourth-order valence-electron chi connectivity index (χ4n) is 1.76. The standard InChI is InChI=1S/C12H10N2OS2/c1-8-5-10-11(17-8)13-7-14(12(10)15)6-9-3-2-4-16-9/h2-5,7H,6H2,1H3. The molecule has 3 aromatic rings. The van der Waals surface area contributed by atoms with E-state index in [1.54, 1.807) is 33.6 Å². The number of thiophene rings is 2. The Morgan fingerprint density at radius 3 is 3.12 bits per heavy atom. The van der Waals surface area contributed by atoms with Crippen LogP contribution in [-0.2, 0) is 6.54 Å². The molecule has 0 aliphatic heterocycles. The molecule has 0 amide bonds. The highest BCUT2D eigenvalue weighted by Crippen LogP contribution is 2.19. The molecule has 5 heteroatoms. The van der Waals surface area contributed by atoms with Crippen molar-refractivity contribution in [2.75, 3.05) is 0 Å². The molecule has 3 heterocycles. The van der Waals surface area contributed by atoms with E-state index >= 15 is 0 Å². The van der Waals surface area contributed by atoms with Crippen molar-refractivity contribution in [2.45, 2.75) is 13.5 Å². The molecule has 3 aromatic heterocycles.